The lowest BCUT2D eigenvalue weighted by Gasteiger charge is -2.31. The highest BCUT2D eigenvalue weighted by molar-refractivity contribution is 9.10. The molecule has 0 unspecified atom stereocenters. The molecule has 7 heteroatoms. The van der Waals surface area contributed by atoms with Gasteiger partial charge < -0.3 is 9.80 Å². The maximum Gasteiger partial charge on any atom is 0.271 e. The number of fused-ring (bicyclic) bond motifs is 1. The smallest absolute Gasteiger partial charge is 0.271 e. The zero-order valence-electron chi connectivity index (χ0n) is 23.8. The highest BCUT2D eigenvalue weighted by Gasteiger charge is 2.32. The molecule has 0 amide bonds. The predicted octanol–water partition coefficient (Wildman–Crippen LogP) is 6.38. The normalized spacial score (nSPS) is 17.7. The third-order valence-corrected chi connectivity index (χ3v) is 9.29. The minimum absolute atomic E-state index is 0.0142. The Bertz CT molecular complexity index is 1830. The SMILES string of the molecule is CN(C)c1ccc(/C=C2\CCCC3=C2N=c2s/c(=C/c4ccc(Br)cc4)c(=O)n2[C@@H]3c2ccc(N(C)C)cc2)cc1. The van der Waals surface area contributed by atoms with Crippen LogP contribution in [0.2, 0.25) is 0 Å². The number of rotatable bonds is 5. The van der Waals surface area contributed by atoms with E-state index in [-0.39, 0.29) is 11.6 Å². The minimum Gasteiger partial charge on any atom is -0.378 e. The van der Waals surface area contributed by atoms with Crippen molar-refractivity contribution in [1.82, 2.24) is 4.57 Å². The highest BCUT2D eigenvalue weighted by atomic mass is 79.9. The van der Waals surface area contributed by atoms with Crippen LogP contribution in [0.15, 0.2) is 104 Å². The number of benzene rings is 3. The largest absolute Gasteiger partial charge is 0.378 e. The molecule has 0 bridgehead atoms. The summed E-state index contributed by atoms with van der Waals surface area (Å²) in [6, 6.07) is 25.1. The predicted molar refractivity (Wildman–Crippen MR) is 176 cm³/mol. The fourth-order valence-corrected chi connectivity index (χ4v) is 6.86. The quantitative estimate of drug-likeness (QED) is 0.259. The number of nitrogens with zero attached hydrogens (tertiary/aromatic N) is 4. The van der Waals surface area contributed by atoms with Gasteiger partial charge in [0, 0.05) is 44.0 Å². The van der Waals surface area contributed by atoms with Crippen LogP contribution in [0, 0.1) is 0 Å². The third kappa shape index (κ3) is 5.48. The molecule has 0 spiro atoms. The van der Waals surface area contributed by atoms with Crippen molar-refractivity contribution in [2.24, 2.45) is 4.99 Å². The van der Waals surface area contributed by atoms with Gasteiger partial charge in [-0.1, -0.05) is 63.7 Å². The Labute approximate surface area is 253 Å². The molecule has 41 heavy (non-hydrogen) atoms. The monoisotopic (exact) mass is 624 g/mol. The van der Waals surface area contributed by atoms with Crippen LogP contribution in [-0.4, -0.2) is 32.8 Å². The standard InChI is InChI=1S/C34H33BrN4OS/c1-37(2)27-16-10-22(11-17-27)20-25-6-5-7-29-31(25)36-34-39(32(29)24-12-18-28(19-13-24)38(3)4)33(40)30(41-34)21-23-8-14-26(35)15-9-23/h8-21,32H,5-7H2,1-4H3/b25-20+,30-21+/t32-/m1/s1. The fourth-order valence-electron chi connectivity index (χ4n) is 5.59. The summed E-state index contributed by atoms with van der Waals surface area (Å²) >= 11 is 4.98. The van der Waals surface area contributed by atoms with Crippen molar-refractivity contribution in [3.8, 4) is 0 Å². The average molecular weight is 626 g/mol. The van der Waals surface area contributed by atoms with Gasteiger partial charge in [0.25, 0.3) is 5.56 Å². The molecule has 6 rings (SSSR count). The molecule has 2 heterocycles. The number of thiazole rings is 1. The summed E-state index contributed by atoms with van der Waals surface area (Å²) in [7, 11) is 8.20. The maximum absolute atomic E-state index is 14.0. The van der Waals surface area contributed by atoms with E-state index in [1.165, 1.54) is 33.7 Å². The minimum atomic E-state index is -0.177. The molecule has 1 aromatic heterocycles. The van der Waals surface area contributed by atoms with E-state index in [0.717, 1.165) is 51.0 Å². The third-order valence-electron chi connectivity index (χ3n) is 7.78. The molecule has 0 radical (unpaired) electrons. The first-order valence-electron chi connectivity index (χ1n) is 13.8. The summed E-state index contributed by atoms with van der Waals surface area (Å²) in [6.45, 7) is 0. The van der Waals surface area contributed by atoms with Crippen molar-refractivity contribution in [3.05, 3.63) is 130 Å². The first kappa shape index (κ1) is 27.5. The number of hydrogen-bond donors (Lipinski definition) is 0. The zero-order valence-corrected chi connectivity index (χ0v) is 26.2. The molecule has 5 nitrogen and oxygen atoms in total. The van der Waals surface area contributed by atoms with Gasteiger partial charge in [0.1, 0.15) is 0 Å². The van der Waals surface area contributed by atoms with Gasteiger partial charge in [-0.05, 0) is 95.6 Å². The van der Waals surface area contributed by atoms with Gasteiger partial charge in [-0.15, -0.1) is 0 Å². The Morgan fingerprint density at radius 3 is 2.05 bits per heavy atom. The Morgan fingerprint density at radius 2 is 1.41 bits per heavy atom. The summed E-state index contributed by atoms with van der Waals surface area (Å²) in [4.78, 5) is 24.2. The molecule has 1 aliphatic heterocycles. The second kappa shape index (κ2) is 11.3. The van der Waals surface area contributed by atoms with E-state index >= 15 is 0 Å². The van der Waals surface area contributed by atoms with E-state index in [1.807, 2.05) is 49.0 Å². The summed E-state index contributed by atoms with van der Waals surface area (Å²) in [6.07, 6.45) is 7.18. The summed E-state index contributed by atoms with van der Waals surface area (Å²) in [5, 5.41) is 0. The van der Waals surface area contributed by atoms with Crippen LogP contribution in [0.4, 0.5) is 11.4 Å². The zero-order chi connectivity index (χ0) is 28.7. The topological polar surface area (TPSA) is 40.8 Å². The highest BCUT2D eigenvalue weighted by Crippen LogP contribution is 2.41. The first-order chi connectivity index (χ1) is 19.8. The van der Waals surface area contributed by atoms with Crippen LogP contribution in [0.5, 0.6) is 0 Å². The molecule has 2 aliphatic rings. The molecular weight excluding hydrogens is 592 g/mol. The van der Waals surface area contributed by atoms with Crippen LogP contribution in [0.1, 0.15) is 42.0 Å². The molecule has 0 N–H and O–H groups in total. The van der Waals surface area contributed by atoms with E-state index in [1.54, 1.807) is 0 Å². The Balaban J connectivity index is 1.53. The molecule has 0 saturated heterocycles. The van der Waals surface area contributed by atoms with Gasteiger partial charge >= 0.3 is 0 Å². The molecule has 0 saturated carbocycles. The Kier molecular flexibility index (Phi) is 7.58. The lowest BCUT2D eigenvalue weighted by molar-refractivity contribution is 0.553. The lowest BCUT2D eigenvalue weighted by Crippen LogP contribution is -2.39. The fraction of sp³-hybridized carbons (Fsp3) is 0.235. The van der Waals surface area contributed by atoms with E-state index in [4.69, 9.17) is 4.99 Å². The van der Waals surface area contributed by atoms with Crippen molar-refractivity contribution in [3.63, 3.8) is 0 Å². The van der Waals surface area contributed by atoms with Gasteiger partial charge in [-0.3, -0.25) is 9.36 Å². The van der Waals surface area contributed by atoms with Crippen LogP contribution in [-0.2, 0) is 0 Å². The number of halogens is 1. The van der Waals surface area contributed by atoms with Crippen molar-refractivity contribution < 1.29 is 0 Å². The number of aromatic nitrogens is 1. The summed E-state index contributed by atoms with van der Waals surface area (Å²) in [5.41, 5.74) is 9.12. The van der Waals surface area contributed by atoms with E-state index in [9.17, 15) is 4.79 Å². The second-order valence-corrected chi connectivity index (χ2v) is 12.9. The maximum atomic E-state index is 14.0. The van der Waals surface area contributed by atoms with Gasteiger partial charge in [0.2, 0.25) is 0 Å². The van der Waals surface area contributed by atoms with Gasteiger partial charge in [-0.25, -0.2) is 4.99 Å². The van der Waals surface area contributed by atoms with Crippen LogP contribution < -0.4 is 24.7 Å². The van der Waals surface area contributed by atoms with Crippen molar-refractivity contribution in [2.75, 3.05) is 38.0 Å². The number of hydrogen-bond acceptors (Lipinski definition) is 5. The Morgan fingerprint density at radius 1 is 0.829 bits per heavy atom. The average Bonchev–Trinajstić information content (AvgIpc) is 3.28. The molecule has 4 aromatic rings. The van der Waals surface area contributed by atoms with Crippen molar-refractivity contribution in [1.29, 1.82) is 0 Å². The first-order valence-corrected chi connectivity index (χ1v) is 15.5. The lowest BCUT2D eigenvalue weighted by atomic mass is 9.83. The van der Waals surface area contributed by atoms with Crippen molar-refractivity contribution in [2.45, 2.75) is 25.3 Å². The molecule has 3 aromatic carbocycles. The summed E-state index contributed by atoms with van der Waals surface area (Å²) in [5.74, 6) is 0. The summed E-state index contributed by atoms with van der Waals surface area (Å²) < 4.78 is 3.64. The molecule has 1 aliphatic carbocycles. The van der Waals surface area contributed by atoms with E-state index in [0.29, 0.717) is 4.53 Å². The molecular formula is C34H33BrN4OS. The van der Waals surface area contributed by atoms with Crippen molar-refractivity contribution >= 4 is 50.8 Å². The van der Waals surface area contributed by atoms with Crippen LogP contribution in [0.3, 0.4) is 0 Å². The molecule has 208 valence electrons. The van der Waals surface area contributed by atoms with Gasteiger partial charge in [-0.2, -0.15) is 0 Å². The van der Waals surface area contributed by atoms with E-state index in [2.05, 4.69) is 94.4 Å². The van der Waals surface area contributed by atoms with Gasteiger partial charge in [0.05, 0.1) is 16.3 Å². The van der Waals surface area contributed by atoms with E-state index < -0.39 is 0 Å². The van der Waals surface area contributed by atoms with Crippen LogP contribution in [0.25, 0.3) is 12.2 Å². The molecule has 1 atom stereocenters. The Hall–Kier alpha value is -3.68. The second-order valence-electron chi connectivity index (χ2n) is 11.0. The van der Waals surface area contributed by atoms with Gasteiger partial charge in [0.15, 0.2) is 4.80 Å². The van der Waals surface area contributed by atoms with Crippen LogP contribution >= 0.6 is 27.3 Å². The number of allylic oxidation sites excluding steroid dienone is 2. The molecule has 0 fully saturated rings. The number of anilines is 2.